The van der Waals surface area contributed by atoms with E-state index in [1.165, 1.54) is 30.0 Å². The number of anilines is 2. The topological polar surface area (TPSA) is 98.7 Å². The number of para-hydroxylation sites is 1. The number of carbonyl (C=O) groups is 2. The van der Waals surface area contributed by atoms with E-state index in [0.717, 1.165) is 23.4 Å². The van der Waals surface area contributed by atoms with Crippen molar-refractivity contribution >= 4 is 35.1 Å². The molecule has 1 saturated heterocycles. The molecule has 2 heterocycles. The zero-order valence-corrected chi connectivity index (χ0v) is 24.4. The van der Waals surface area contributed by atoms with E-state index < -0.39 is 29.7 Å². The number of amides is 1. The second kappa shape index (κ2) is 13.8. The monoisotopic (exact) mass is 621 g/mol. The lowest BCUT2D eigenvalue weighted by Gasteiger charge is -2.36. The van der Waals surface area contributed by atoms with Gasteiger partial charge in [0.2, 0.25) is 0 Å². The van der Waals surface area contributed by atoms with Crippen molar-refractivity contribution in [3.05, 3.63) is 108 Å². The molecule has 1 fully saturated rings. The van der Waals surface area contributed by atoms with Crippen LogP contribution in [-0.2, 0) is 16.7 Å². The number of thioether (sulfide) groups is 1. The van der Waals surface area contributed by atoms with Crippen molar-refractivity contribution in [3.8, 4) is 11.4 Å². The third-order valence-corrected chi connectivity index (χ3v) is 8.25. The summed E-state index contributed by atoms with van der Waals surface area (Å²) in [6.07, 6.45) is -4.50. The lowest BCUT2D eigenvalue weighted by molar-refractivity contribution is -0.139. The number of benzene rings is 3. The van der Waals surface area contributed by atoms with Gasteiger partial charge in [-0.2, -0.15) is 24.9 Å². The lowest BCUT2D eigenvalue weighted by Crippen LogP contribution is -2.47. The average Bonchev–Trinajstić information content (AvgIpc) is 3.04. The SMILES string of the molecule is O=C(N[C@@H](CSCc1ccccc1)C(=O)O)c1cc(N2CCN(c3ccccc3)CC2)nc(-c2ccc(C(F)(F)F)cc2)n1. The highest BCUT2D eigenvalue weighted by molar-refractivity contribution is 7.98. The lowest BCUT2D eigenvalue weighted by atomic mass is 10.1. The van der Waals surface area contributed by atoms with Gasteiger partial charge in [-0.15, -0.1) is 0 Å². The van der Waals surface area contributed by atoms with E-state index in [1.807, 2.05) is 65.6 Å². The molecule has 1 amide bonds. The molecule has 3 aromatic carbocycles. The highest BCUT2D eigenvalue weighted by Gasteiger charge is 2.30. The Balaban J connectivity index is 1.37. The molecule has 2 N–H and O–H groups in total. The molecule has 4 aromatic rings. The smallest absolute Gasteiger partial charge is 0.416 e. The summed E-state index contributed by atoms with van der Waals surface area (Å²) in [5, 5.41) is 12.4. The normalized spacial score (nSPS) is 14.2. The summed E-state index contributed by atoms with van der Waals surface area (Å²) in [7, 11) is 0. The van der Waals surface area contributed by atoms with Gasteiger partial charge in [0.25, 0.3) is 5.91 Å². The van der Waals surface area contributed by atoms with E-state index in [9.17, 15) is 27.9 Å². The van der Waals surface area contributed by atoms with Crippen molar-refractivity contribution in [2.45, 2.75) is 18.0 Å². The molecule has 0 unspecified atom stereocenters. The van der Waals surface area contributed by atoms with Crippen LogP contribution in [-0.4, -0.2) is 64.9 Å². The van der Waals surface area contributed by atoms with Gasteiger partial charge in [0.05, 0.1) is 5.56 Å². The van der Waals surface area contributed by atoms with Gasteiger partial charge in [-0.05, 0) is 29.8 Å². The summed E-state index contributed by atoms with van der Waals surface area (Å²) in [4.78, 5) is 38.6. The van der Waals surface area contributed by atoms with Crippen LogP contribution in [0.25, 0.3) is 11.4 Å². The number of piperazine rings is 1. The van der Waals surface area contributed by atoms with Gasteiger partial charge in [0.15, 0.2) is 5.82 Å². The van der Waals surface area contributed by atoms with E-state index in [0.29, 0.717) is 43.3 Å². The molecule has 8 nitrogen and oxygen atoms in total. The molecule has 1 aromatic heterocycles. The van der Waals surface area contributed by atoms with Gasteiger partial charge in [-0.3, -0.25) is 4.79 Å². The molecule has 0 aliphatic carbocycles. The molecule has 44 heavy (non-hydrogen) atoms. The van der Waals surface area contributed by atoms with Crippen molar-refractivity contribution in [1.82, 2.24) is 15.3 Å². The number of aromatic nitrogens is 2. The van der Waals surface area contributed by atoms with Crippen molar-refractivity contribution in [2.24, 2.45) is 0 Å². The van der Waals surface area contributed by atoms with Gasteiger partial charge in [-0.25, -0.2) is 14.8 Å². The van der Waals surface area contributed by atoms with E-state index >= 15 is 0 Å². The van der Waals surface area contributed by atoms with Crippen molar-refractivity contribution < 1.29 is 27.9 Å². The molecule has 1 atom stereocenters. The Morgan fingerprint density at radius 1 is 0.864 bits per heavy atom. The van der Waals surface area contributed by atoms with Crippen LogP contribution in [0.15, 0.2) is 91.0 Å². The summed E-state index contributed by atoms with van der Waals surface area (Å²) >= 11 is 1.37. The molecular weight excluding hydrogens is 591 g/mol. The number of carboxylic acids is 1. The van der Waals surface area contributed by atoms with E-state index in [1.54, 1.807) is 0 Å². The average molecular weight is 622 g/mol. The van der Waals surface area contributed by atoms with E-state index in [4.69, 9.17) is 0 Å². The molecular formula is C32H30F3N5O3S. The minimum absolute atomic E-state index is 0.0668. The number of carboxylic acid groups (broad SMARTS) is 1. The number of nitrogens with zero attached hydrogens (tertiary/aromatic N) is 4. The van der Waals surface area contributed by atoms with Crippen LogP contribution >= 0.6 is 11.8 Å². The Hall–Kier alpha value is -4.58. The number of hydrogen-bond donors (Lipinski definition) is 2. The quantitative estimate of drug-likeness (QED) is 0.236. The first kappa shape index (κ1) is 30.9. The van der Waals surface area contributed by atoms with Gasteiger partial charge in [0.1, 0.15) is 17.6 Å². The molecule has 12 heteroatoms. The fraction of sp³-hybridized carbons (Fsp3) is 0.250. The summed E-state index contributed by atoms with van der Waals surface area (Å²) < 4.78 is 39.5. The minimum Gasteiger partial charge on any atom is -0.480 e. The molecule has 228 valence electrons. The molecule has 0 saturated carbocycles. The predicted octanol–water partition coefficient (Wildman–Crippen LogP) is 5.61. The molecule has 1 aliphatic heterocycles. The van der Waals surface area contributed by atoms with Crippen LogP contribution < -0.4 is 15.1 Å². The summed E-state index contributed by atoms with van der Waals surface area (Å²) in [5.41, 5.74) is 1.52. The van der Waals surface area contributed by atoms with Crippen molar-refractivity contribution in [1.29, 1.82) is 0 Å². The summed E-state index contributed by atoms with van der Waals surface area (Å²) in [6.45, 7) is 2.52. The maximum atomic E-state index is 13.4. The van der Waals surface area contributed by atoms with Crippen LogP contribution in [0.2, 0.25) is 0 Å². The zero-order valence-electron chi connectivity index (χ0n) is 23.6. The Morgan fingerprint density at radius 2 is 1.48 bits per heavy atom. The number of hydrogen-bond acceptors (Lipinski definition) is 7. The zero-order chi connectivity index (χ0) is 31.1. The Morgan fingerprint density at radius 3 is 2.09 bits per heavy atom. The Labute approximate surface area is 256 Å². The van der Waals surface area contributed by atoms with Gasteiger partial charge >= 0.3 is 12.1 Å². The second-order valence-corrected chi connectivity index (χ2v) is 11.2. The third kappa shape index (κ3) is 7.87. The molecule has 0 spiro atoms. The number of nitrogens with one attached hydrogen (secondary N) is 1. The van der Waals surface area contributed by atoms with Crippen LogP contribution in [0.5, 0.6) is 0 Å². The minimum atomic E-state index is -4.50. The third-order valence-electron chi connectivity index (χ3n) is 7.14. The van der Waals surface area contributed by atoms with E-state index in [-0.39, 0.29) is 17.3 Å². The summed E-state index contributed by atoms with van der Waals surface area (Å²) in [6, 6.07) is 24.2. The largest absolute Gasteiger partial charge is 0.480 e. The second-order valence-electron chi connectivity index (χ2n) is 10.2. The van der Waals surface area contributed by atoms with Crippen molar-refractivity contribution in [3.63, 3.8) is 0 Å². The van der Waals surface area contributed by atoms with Crippen LogP contribution in [0.4, 0.5) is 24.7 Å². The number of halogens is 3. The first-order chi connectivity index (χ1) is 21.2. The van der Waals surface area contributed by atoms with Crippen molar-refractivity contribution in [2.75, 3.05) is 41.7 Å². The Kier molecular flexibility index (Phi) is 9.69. The first-order valence-electron chi connectivity index (χ1n) is 13.9. The highest BCUT2D eigenvalue weighted by Crippen LogP contribution is 2.31. The summed E-state index contributed by atoms with van der Waals surface area (Å²) in [5.74, 6) is -0.701. The molecule has 0 bridgehead atoms. The van der Waals surface area contributed by atoms with Gasteiger partial charge in [0, 0.05) is 55.0 Å². The maximum Gasteiger partial charge on any atom is 0.416 e. The number of alkyl halides is 3. The van der Waals surface area contributed by atoms with Gasteiger partial charge in [-0.1, -0.05) is 60.7 Å². The maximum absolute atomic E-state index is 13.4. The Bertz CT molecular complexity index is 1570. The highest BCUT2D eigenvalue weighted by atomic mass is 32.2. The fourth-order valence-electron chi connectivity index (χ4n) is 4.76. The van der Waals surface area contributed by atoms with E-state index in [2.05, 4.69) is 20.2 Å². The molecule has 5 rings (SSSR count). The number of carbonyl (C=O) groups excluding carboxylic acids is 1. The van der Waals surface area contributed by atoms with Crippen LogP contribution in [0.1, 0.15) is 21.6 Å². The molecule has 1 aliphatic rings. The van der Waals surface area contributed by atoms with Crippen LogP contribution in [0.3, 0.4) is 0 Å². The first-order valence-corrected chi connectivity index (χ1v) is 15.1. The van der Waals surface area contributed by atoms with Crippen LogP contribution in [0, 0.1) is 0 Å². The fourth-order valence-corrected chi connectivity index (χ4v) is 5.77. The molecule has 0 radical (unpaired) electrons. The standard InChI is InChI=1S/C32H30F3N5O3S/c33-32(34,35)24-13-11-23(12-14-24)29-36-26(30(41)37-27(31(42)43)21-44-20-22-7-3-1-4-8-22)19-28(38-29)40-17-15-39(16-18-40)25-9-5-2-6-10-25/h1-14,19,27H,15-18,20-21H2,(H,37,41)(H,42,43)/t27-/m0/s1. The number of rotatable bonds is 10. The van der Waals surface area contributed by atoms with Gasteiger partial charge < -0.3 is 20.2 Å². The number of aliphatic carboxylic acids is 1. The predicted molar refractivity (Wildman–Crippen MR) is 165 cm³/mol.